The van der Waals surface area contributed by atoms with Crippen LogP contribution in [-0.2, 0) is 16.0 Å². The van der Waals surface area contributed by atoms with Crippen molar-refractivity contribution in [2.24, 2.45) is 5.92 Å². The van der Waals surface area contributed by atoms with Crippen LogP contribution in [0.1, 0.15) is 12.0 Å². The van der Waals surface area contributed by atoms with Crippen molar-refractivity contribution < 1.29 is 29.3 Å². The Kier molecular flexibility index (Phi) is 3.59. The molecule has 1 aromatic rings. The van der Waals surface area contributed by atoms with E-state index in [0.29, 0.717) is 17.9 Å². The third-order valence-electron chi connectivity index (χ3n) is 3.10. The maximum Gasteiger partial charge on any atom is 0.318 e. The predicted octanol–water partition coefficient (Wildman–Crippen LogP) is 1.17. The van der Waals surface area contributed by atoms with E-state index < -0.39 is 24.0 Å². The summed E-state index contributed by atoms with van der Waals surface area (Å²) in [5, 5.41) is 17.7. The number of rotatable bonds is 5. The molecule has 0 radical (unpaired) electrons. The number of aliphatic carboxylic acids is 2. The average molecular weight is 266 g/mol. The van der Waals surface area contributed by atoms with Crippen LogP contribution >= 0.6 is 0 Å². The zero-order chi connectivity index (χ0) is 14.0. The van der Waals surface area contributed by atoms with Gasteiger partial charge in [0.15, 0.2) is 5.92 Å². The van der Waals surface area contributed by atoms with Gasteiger partial charge in [0.1, 0.15) is 17.6 Å². The summed E-state index contributed by atoms with van der Waals surface area (Å²) in [5.41, 5.74) is 0.902. The van der Waals surface area contributed by atoms with Crippen LogP contribution in [0.25, 0.3) is 0 Å². The SMILES string of the molecule is COc1ccc2c(c1)CC(CC(C(=O)O)C(=O)O)O2. The van der Waals surface area contributed by atoms with E-state index in [9.17, 15) is 9.59 Å². The number of fused-ring (bicyclic) bond motifs is 1. The molecule has 0 aliphatic carbocycles. The molecule has 1 unspecified atom stereocenters. The fraction of sp³-hybridized carbons (Fsp3) is 0.385. The normalized spacial score (nSPS) is 16.8. The average Bonchev–Trinajstić information content (AvgIpc) is 2.76. The molecule has 0 fully saturated rings. The quantitative estimate of drug-likeness (QED) is 0.777. The molecule has 1 aliphatic rings. The zero-order valence-electron chi connectivity index (χ0n) is 10.3. The van der Waals surface area contributed by atoms with Crippen molar-refractivity contribution in [2.45, 2.75) is 18.9 Å². The molecule has 19 heavy (non-hydrogen) atoms. The highest BCUT2D eigenvalue weighted by Gasteiger charge is 2.33. The topological polar surface area (TPSA) is 93.1 Å². The predicted molar refractivity (Wildman–Crippen MR) is 64.5 cm³/mol. The van der Waals surface area contributed by atoms with Crippen LogP contribution in [0.2, 0.25) is 0 Å². The van der Waals surface area contributed by atoms with Crippen LogP contribution in [0.3, 0.4) is 0 Å². The van der Waals surface area contributed by atoms with Crippen molar-refractivity contribution in [1.29, 1.82) is 0 Å². The highest BCUT2D eigenvalue weighted by molar-refractivity contribution is 5.92. The van der Waals surface area contributed by atoms with Crippen LogP contribution in [0.5, 0.6) is 11.5 Å². The highest BCUT2D eigenvalue weighted by Crippen LogP contribution is 2.33. The Balaban J connectivity index is 2.07. The molecule has 0 aromatic heterocycles. The van der Waals surface area contributed by atoms with Crippen molar-refractivity contribution in [3.8, 4) is 11.5 Å². The number of carbonyl (C=O) groups is 2. The van der Waals surface area contributed by atoms with Crippen molar-refractivity contribution >= 4 is 11.9 Å². The summed E-state index contributed by atoms with van der Waals surface area (Å²) in [4.78, 5) is 21.7. The third-order valence-corrected chi connectivity index (χ3v) is 3.10. The van der Waals surface area contributed by atoms with E-state index in [-0.39, 0.29) is 6.42 Å². The summed E-state index contributed by atoms with van der Waals surface area (Å²) in [7, 11) is 1.56. The van der Waals surface area contributed by atoms with Crippen molar-refractivity contribution in [1.82, 2.24) is 0 Å². The minimum Gasteiger partial charge on any atom is -0.497 e. The fourth-order valence-electron chi connectivity index (χ4n) is 2.13. The number of carboxylic acids is 2. The molecule has 1 aliphatic heterocycles. The van der Waals surface area contributed by atoms with Gasteiger partial charge in [0.2, 0.25) is 0 Å². The number of benzene rings is 1. The second-order valence-corrected chi connectivity index (χ2v) is 4.38. The van der Waals surface area contributed by atoms with Gasteiger partial charge in [-0.3, -0.25) is 9.59 Å². The maximum absolute atomic E-state index is 10.8. The van der Waals surface area contributed by atoms with Gasteiger partial charge in [-0.15, -0.1) is 0 Å². The minimum absolute atomic E-state index is 0.0539. The smallest absolute Gasteiger partial charge is 0.318 e. The molecule has 1 heterocycles. The summed E-state index contributed by atoms with van der Waals surface area (Å²) in [5.74, 6) is -2.79. The van der Waals surface area contributed by atoms with E-state index >= 15 is 0 Å². The Bertz CT molecular complexity index is 496. The lowest BCUT2D eigenvalue weighted by atomic mass is 9.98. The molecule has 1 atom stereocenters. The monoisotopic (exact) mass is 266 g/mol. The van der Waals surface area contributed by atoms with Gasteiger partial charge < -0.3 is 19.7 Å². The summed E-state index contributed by atoms with van der Waals surface area (Å²) in [6.45, 7) is 0. The summed E-state index contributed by atoms with van der Waals surface area (Å²) in [6.07, 6.45) is 0.00457. The third kappa shape index (κ3) is 2.78. The molecule has 0 saturated carbocycles. The largest absolute Gasteiger partial charge is 0.497 e. The van der Waals surface area contributed by atoms with Crippen LogP contribution in [0.15, 0.2) is 18.2 Å². The van der Waals surface area contributed by atoms with E-state index in [4.69, 9.17) is 19.7 Å². The standard InChI is InChI=1S/C13H14O6/c1-18-8-2-3-11-7(4-8)5-9(19-11)6-10(12(14)15)13(16)17/h2-4,9-10H,5-6H2,1H3,(H,14,15)(H,16,17). The highest BCUT2D eigenvalue weighted by atomic mass is 16.5. The molecule has 102 valence electrons. The van der Waals surface area contributed by atoms with Gasteiger partial charge in [-0.05, 0) is 18.2 Å². The van der Waals surface area contributed by atoms with E-state index in [2.05, 4.69) is 0 Å². The van der Waals surface area contributed by atoms with Gasteiger partial charge in [0, 0.05) is 18.4 Å². The number of carboxylic acid groups (broad SMARTS) is 2. The Labute approximate surface area is 109 Å². The summed E-state index contributed by atoms with van der Waals surface area (Å²) >= 11 is 0. The molecular formula is C13H14O6. The Morgan fingerprint density at radius 1 is 1.42 bits per heavy atom. The Hall–Kier alpha value is -2.24. The lowest BCUT2D eigenvalue weighted by Gasteiger charge is -2.13. The molecular weight excluding hydrogens is 252 g/mol. The molecule has 2 N–H and O–H groups in total. The molecule has 0 bridgehead atoms. The Morgan fingerprint density at radius 3 is 2.68 bits per heavy atom. The summed E-state index contributed by atoms with van der Waals surface area (Å²) < 4.78 is 10.6. The minimum atomic E-state index is -1.44. The van der Waals surface area contributed by atoms with Crippen LogP contribution in [-0.4, -0.2) is 35.4 Å². The second-order valence-electron chi connectivity index (χ2n) is 4.38. The number of ether oxygens (including phenoxy) is 2. The number of methoxy groups -OCH3 is 1. The number of hydrogen-bond acceptors (Lipinski definition) is 4. The molecule has 6 heteroatoms. The van der Waals surface area contributed by atoms with Gasteiger partial charge in [-0.2, -0.15) is 0 Å². The molecule has 2 rings (SSSR count). The molecule has 6 nitrogen and oxygen atoms in total. The van der Waals surface area contributed by atoms with Crippen molar-refractivity contribution in [2.75, 3.05) is 7.11 Å². The maximum atomic E-state index is 10.8. The first-order chi connectivity index (χ1) is 9.01. The van der Waals surface area contributed by atoms with Gasteiger partial charge in [0.25, 0.3) is 0 Å². The molecule has 0 saturated heterocycles. The van der Waals surface area contributed by atoms with Crippen LogP contribution in [0.4, 0.5) is 0 Å². The van der Waals surface area contributed by atoms with Gasteiger partial charge >= 0.3 is 11.9 Å². The van der Waals surface area contributed by atoms with Crippen LogP contribution < -0.4 is 9.47 Å². The van der Waals surface area contributed by atoms with E-state index in [0.717, 1.165) is 5.56 Å². The second kappa shape index (κ2) is 5.17. The molecule has 1 aromatic carbocycles. The number of hydrogen-bond donors (Lipinski definition) is 2. The Morgan fingerprint density at radius 2 is 2.11 bits per heavy atom. The van der Waals surface area contributed by atoms with E-state index in [1.165, 1.54) is 0 Å². The van der Waals surface area contributed by atoms with E-state index in [1.54, 1.807) is 19.2 Å². The first kappa shape index (κ1) is 13.2. The van der Waals surface area contributed by atoms with Crippen molar-refractivity contribution in [3.05, 3.63) is 23.8 Å². The lowest BCUT2D eigenvalue weighted by Crippen LogP contribution is -2.29. The zero-order valence-corrected chi connectivity index (χ0v) is 10.3. The van der Waals surface area contributed by atoms with Gasteiger partial charge in [-0.1, -0.05) is 0 Å². The molecule has 0 spiro atoms. The van der Waals surface area contributed by atoms with E-state index in [1.807, 2.05) is 6.07 Å². The first-order valence-electron chi connectivity index (χ1n) is 5.80. The molecule has 0 amide bonds. The lowest BCUT2D eigenvalue weighted by molar-refractivity contribution is -0.155. The summed E-state index contributed by atoms with van der Waals surface area (Å²) in [6, 6.07) is 5.30. The van der Waals surface area contributed by atoms with Gasteiger partial charge in [0.05, 0.1) is 7.11 Å². The fourth-order valence-corrected chi connectivity index (χ4v) is 2.13. The van der Waals surface area contributed by atoms with Crippen LogP contribution in [0, 0.1) is 5.92 Å². The first-order valence-corrected chi connectivity index (χ1v) is 5.80. The van der Waals surface area contributed by atoms with Gasteiger partial charge in [-0.25, -0.2) is 0 Å². The van der Waals surface area contributed by atoms with Crippen molar-refractivity contribution in [3.63, 3.8) is 0 Å².